The van der Waals surface area contributed by atoms with Crippen molar-refractivity contribution in [2.45, 2.75) is 11.6 Å². The van der Waals surface area contributed by atoms with Crippen molar-refractivity contribution in [2.75, 3.05) is 11.6 Å². The molecule has 0 amide bonds. The third-order valence-electron chi connectivity index (χ3n) is 3.52. The molecule has 23 heavy (non-hydrogen) atoms. The van der Waals surface area contributed by atoms with Gasteiger partial charge in [-0.1, -0.05) is 30.3 Å². The van der Waals surface area contributed by atoms with E-state index in [0.29, 0.717) is 17.1 Å². The third-order valence-corrected chi connectivity index (χ3v) is 4.20. The summed E-state index contributed by atoms with van der Waals surface area (Å²) in [5, 5.41) is 14.4. The minimum atomic E-state index is -0.269. The SMILES string of the molecule is CSc1nc2ccccc2c(NCc2cccc(F)c2)c1C#N. The fraction of sp³-hybridized carbons (Fsp3) is 0.111. The van der Waals surface area contributed by atoms with Crippen LogP contribution in [0.3, 0.4) is 0 Å². The molecule has 0 spiro atoms. The Hall–Kier alpha value is -2.58. The molecule has 2 aromatic carbocycles. The summed E-state index contributed by atoms with van der Waals surface area (Å²) in [6.07, 6.45) is 1.90. The van der Waals surface area contributed by atoms with Crippen LogP contribution in [0.4, 0.5) is 10.1 Å². The van der Waals surface area contributed by atoms with E-state index in [4.69, 9.17) is 0 Å². The van der Waals surface area contributed by atoms with Crippen LogP contribution >= 0.6 is 11.8 Å². The zero-order valence-corrected chi connectivity index (χ0v) is 13.3. The van der Waals surface area contributed by atoms with Crippen molar-refractivity contribution in [3.8, 4) is 6.07 Å². The van der Waals surface area contributed by atoms with Gasteiger partial charge >= 0.3 is 0 Å². The van der Waals surface area contributed by atoms with Gasteiger partial charge in [0.1, 0.15) is 22.5 Å². The Bertz CT molecular complexity index is 902. The van der Waals surface area contributed by atoms with Crippen molar-refractivity contribution in [1.29, 1.82) is 5.26 Å². The molecule has 1 aromatic heterocycles. The van der Waals surface area contributed by atoms with Crippen LogP contribution in [0, 0.1) is 17.1 Å². The van der Waals surface area contributed by atoms with Gasteiger partial charge in [0.2, 0.25) is 0 Å². The summed E-state index contributed by atoms with van der Waals surface area (Å²) < 4.78 is 13.3. The molecule has 0 saturated heterocycles. The number of aromatic nitrogens is 1. The molecule has 0 radical (unpaired) electrons. The number of nitriles is 1. The molecule has 0 fully saturated rings. The number of anilines is 1. The van der Waals surface area contributed by atoms with Crippen LogP contribution in [0.2, 0.25) is 0 Å². The molecule has 3 rings (SSSR count). The lowest BCUT2D eigenvalue weighted by Crippen LogP contribution is -2.04. The summed E-state index contributed by atoms with van der Waals surface area (Å²) in [5.74, 6) is -0.269. The zero-order valence-electron chi connectivity index (χ0n) is 12.5. The standard InChI is InChI=1S/C18H14FN3S/c1-23-18-15(10-20)17(14-7-2-3-8-16(14)22-18)21-11-12-5-4-6-13(19)9-12/h2-9H,11H2,1H3,(H,21,22). The van der Waals surface area contributed by atoms with E-state index >= 15 is 0 Å². The Morgan fingerprint density at radius 1 is 1.22 bits per heavy atom. The van der Waals surface area contributed by atoms with Crippen LogP contribution < -0.4 is 5.32 Å². The number of para-hydroxylation sites is 1. The first-order valence-electron chi connectivity index (χ1n) is 7.08. The quantitative estimate of drug-likeness (QED) is 0.714. The number of halogens is 1. The molecule has 1 heterocycles. The number of benzene rings is 2. The monoisotopic (exact) mass is 323 g/mol. The van der Waals surface area contributed by atoms with Gasteiger partial charge in [-0.3, -0.25) is 0 Å². The predicted molar refractivity (Wildman–Crippen MR) is 92.0 cm³/mol. The van der Waals surface area contributed by atoms with Crippen molar-refractivity contribution in [1.82, 2.24) is 4.98 Å². The van der Waals surface area contributed by atoms with Gasteiger partial charge in [-0.25, -0.2) is 9.37 Å². The van der Waals surface area contributed by atoms with Gasteiger partial charge in [0.15, 0.2) is 0 Å². The van der Waals surface area contributed by atoms with Crippen LogP contribution in [0.25, 0.3) is 10.9 Å². The molecular weight excluding hydrogens is 309 g/mol. The summed E-state index contributed by atoms with van der Waals surface area (Å²) in [5.41, 5.74) is 2.91. The number of fused-ring (bicyclic) bond motifs is 1. The molecule has 0 bridgehead atoms. The lowest BCUT2D eigenvalue weighted by Gasteiger charge is -2.14. The van der Waals surface area contributed by atoms with E-state index in [1.54, 1.807) is 6.07 Å². The van der Waals surface area contributed by atoms with Crippen molar-refractivity contribution in [3.63, 3.8) is 0 Å². The molecule has 0 unspecified atom stereocenters. The van der Waals surface area contributed by atoms with Gasteiger partial charge in [0.05, 0.1) is 11.2 Å². The maximum Gasteiger partial charge on any atom is 0.123 e. The van der Waals surface area contributed by atoms with E-state index in [-0.39, 0.29) is 5.82 Å². The summed E-state index contributed by atoms with van der Waals surface area (Å²) in [4.78, 5) is 4.53. The molecule has 0 aliphatic carbocycles. The molecule has 114 valence electrons. The van der Waals surface area contributed by atoms with Crippen LogP contribution in [0.15, 0.2) is 53.6 Å². The zero-order chi connectivity index (χ0) is 16.2. The average Bonchev–Trinajstić information content (AvgIpc) is 2.58. The average molecular weight is 323 g/mol. The lowest BCUT2D eigenvalue weighted by atomic mass is 10.1. The van der Waals surface area contributed by atoms with Gasteiger partial charge in [-0.15, -0.1) is 11.8 Å². The van der Waals surface area contributed by atoms with Gasteiger partial charge < -0.3 is 5.32 Å². The summed E-state index contributed by atoms with van der Waals surface area (Å²) in [7, 11) is 0. The fourth-order valence-corrected chi connectivity index (χ4v) is 3.00. The predicted octanol–water partition coefficient (Wildman–Crippen LogP) is 4.58. The van der Waals surface area contributed by atoms with E-state index < -0.39 is 0 Å². The first-order chi connectivity index (χ1) is 11.2. The highest BCUT2D eigenvalue weighted by Crippen LogP contribution is 2.32. The highest BCUT2D eigenvalue weighted by molar-refractivity contribution is 7.98. The van der Waals surface area contributed by atoms with Crippen molar-refractivity contribution < 1.29 is 4.39 Å². The molecule has 0 aliphatic heterocycles. The number of pyridine rings is 1. The Labute approximate surface area is 138 Å². The van der Waals surface area contributed by atoms with E-state index in [9.17, 15) is 9.65 Å². The maximum atomic E-state index is 13.3. The molecule has 5 heteroatoms. The summed E-state index contributed by atoms with van der Waals surface area (Å²) >= 11 is 1.44. The molecule has 1 N–H and O–H groups in total. The number of hydrogen-bond acceptors (Lipinski definition) is 4. The van der Waals surface area contributed by atoms with Crippen LogP contribution in [0.5, 0.6) is 0 Å². The smallest absolute Gasteiger partial charge is 0.123 e. The Kier molecular flexibility index (Phi) is 4.45. The number of nitrogens with one attached hydrogen (secondary N) is 1. The normalized spacial score (nSPS) is 10.5. The summed E-state index contributed by atoms with van der Waals surface area (Å²) in [6, 6.07) is 16.3. The number of nitrogens with zero attached hydrogens (tertiary/aromatic N) is 2. The van der Waals surface area contributed by atoms with E-state index in [0.717, 1.165) is 22.2 Å². The van der Waals surface area contributed by atoms with Gasteiger partial charge in [0, 0.05) is 11.9 Å². The van der Waals surface area contributed by atoms with Crippen molar-refractivity contribution >= 4 is 28.4 Å². The molecular formula is C18H14FN3S. The Morgan fingerprint density at radius 2 is 2.04 bits per heavy atom. The third kappa shape index (κ3) is 3.13. The van der Waals surface area contributed by atoms with Crippen LogP contribution in [0.1, 0.15) is 11.1 Å². The van der Waals surface area contributed by atoms with Gasteiger partial charge in [0.25, 0.3) is 0 Å². The summed E-state index contributed by atoms with van der Waals surface area (Å²) in [6.45, 7) is 0.439. The first-order valence-corrected chi connectivity index (χ1v) is 8.30. The topological polar surface area (TPSA) is 48.7 Å². The molecule has 0 saturated carbocycles. The minimum absolute atomic E-state index is 0.269. The second kappa shape index (κ2) is 6.67. The van der Waals surface area contributed by atoms with E-state index in [2.05, 4.69) is 16.4 Å². The van der Waals surface area contributed by atoms with Gasteiger partial charge in [-0.05, 0) is 30.0 Å². The Morgan fingerprint density at radius 3 is 2.78 bits per heavy atom. The van der Waals surface area contributed by atoms with E-state index in [1.807, 2.05) is 36.6 Å². The van der Waals surface area contributed by atoms with Crippen LogP contribution in [-0.2, 0) is 6.54 Å². The highest BCUT2D eigenvalue weighted by atomic mass is 32.2. The lowest BCUT2D eigenvalue weighted by molar-refractivity contribution is 0.626. The highest BCUT2D eigenvalue weighted by Gasteiger charge is 2.14. The number of hydrogen-bond donors (Lipinski definition) is 1. The van der Waals surface area contributed by atoms with Crippen molar-refractivity contribution in [2.24, 2.45) is 0 Å². The molecule has 0 aliphatic rings. The molecule has 0 atom stereocenters. The second-order valence-electron chi connectivity index (χ2n) is 4.98. The maximum absolute atomic E-state index is 13.3. The minimum Gasteiger partial charge on any atom is -0.379 e. The number of rotatable bonds is 4. The molecule has 3 nitrogen and oxygen atoms in total. The van der Waals surface area contributed by atoms with Crippen molar-refractivity contribution in [3.05, 3.63) is 65.5 Å². The number of thioether (sulfide) groups is 1. The fourth-order valence-electron chi connectivity index (χ4n) is 2.46. The second-order valence-corrected chi connectivity index (χ2v) is 5.78. The van der Waals surface area contributed by atoms with E-state index in [1.165, 1.54) is 23.9 Å². The van der Waals surface area contributed by atoms with Crippen LogP contribution in [-0.4, -0.2) is 11.2 Å². The van der Waals surface area contributed by atoms with Gasteiger partial charge in [-0.2, -0.15) is 5.26 Å². The first kappa shape index (κ1) is 15.3. The Balaban J connectivity index is 2.06. The molecule has 3 aromatic rings. The largest absolute Gasteiger partial charge is 0.379 e.